The molecule has 5 heteroatoms. The molecule has 0 aliphatic carbocycles. The molecule has 1 aromatic heterocycles. The fourth-order valence-corrected chi connectivity index (χ4v) is 0.650. The van der Waals surface area contributed by atoms with E-state index in [1.807, 2.05) is 12.1 Å². The van der Waals surface area contributed by atoms with Crippen molar-refractivity contribution < 1.29 is 15.0 Å². The van der Waals surface area contributed by atoms with Gasteiger partial charge in [0.1, 0.15) is 0 Å². The SMILES string of the molecule is CC(C)(C)N=Cc1ccc[n-]1.[Br][Ti][Br]. The molecule has 0 saturated carbocycles. The van der Waals surface area contributed by atoms with Crippen molar-refractivity contribution in [2.24, 2.45) is 4.99 Å². The zero-order valence-electron chi connectivity index (χ0n) is 8.46. The van der Waals surface area contributed by atoms with Crippen molar-refractivity contribution in [1.82, 2.24) is 4.98 Å². The van der Waals surface area contributed by atoms with Crippen LogP contribution in [0.1, 0.15) is 26.5 Å². The first kappa shape index (κ1) is 14.6. The van der Waals surface area contributed by atoms with E-state index in [4.69, 9.17) is 0 Å². The van der Waals surface area contributed by atoms with Crippen LogP contribution in [0.3, 0.4) is 0 Å². The van der Waals surface area contributed by atoms with E-state index in [2.05, 4.69) is 57.1 Å². The fourth-order valence-electron chi connectivity index (χ4n) is 0.650. The molecule has 0 aliphatic rings. The van der Waals surface area contributed by atoms with Crippen LogP contribution in [-0.4, -0.2) is 11.8 Å². The molecule has 0 fully saturated rings. The zero-order valence-corrected chi connectivity index (χ0v) is 13.2. The summed E-state index contributed by atoms with van der Waals surface area (Å²) >= 11 is 6.50. The molecule has 1 heterocycles. The summed E-state index contributed by atoms with van der Waals surface area (Å²) in [6.07, 6.45) is 3.57. The van der Waals surface area contributed by atoms with Gasteiger partial charge in [0.2, 0.25) is 0 Å². The van der Waals surface area contributed by atoms with Gasteiger partial charge in [0.15, 0.2) is 0 Å². The van der Waals surface area contributed by atoms with Crippen LogP contribution in [0.15, 0.2) is 23.3 Å². The summed E-state index contributed by atoms with van der Waals surface area (Å²) in [6, 6.07) is 3.85. The van der Waals surface area contributed by atoms with Crippen molar-refractivity contribution >= 4 is 32.5 Å². The van der Waals surface area contributed by atoms with E-state index in [0.29, 0.717) is 0 Å². The number of nitrogens with zero attached hydrogens (tertiary/aromatic N) is 2. The second-order valence-electron chi connectivity index (χ2n) is 3.56. The maximum absolute atomic E-state index is 4.31. The summed E-state index contributed by atoms with van der Waals surface area (Å²) in [5.74, 6) is 0. The Morgan fingerprint density at radius 2 is 2.00 bits per heavy atom. The van der Waals surface area contributed by atoms with Gasteiger partial charge in [0.05, 0.1) is 5.54 Å². The topological polar surface area (TPSA) is 26.5 Å². The molecule has 14 heavy (non-hydrogen) atoms. The Balaban J connectivity index is 0.000000500. The van der Waals surface area contributed by atoms with Crippen LogP contribution < -0.4 is 4.98 Å². The van der Waals surface area contributed by atoms with Crippen LogP contribution in [0.5, 0.6) is 0 Å². The molecule has 0 N–H and O–H groups in total. The molecule has 78 valence electrons. The Labute approximate surface area is 107 Å². The molecule has 0 aliphatic heterocycles. The van der Waals surface area contributed by atoms with E-state index in [0.717, 1.165) is 5.69 Å². The van der Waals surface area contributed by atoms with Crippen molar-refractivity contribution in [2.45, 2.75) is 26.3 Å². The average molecular weight is 357 g/mol. The van der Waals surface area contributed by atoms with E-state index in [-0.39, 0.29) is 20.5 Å². The standard InChI is InChI=1S/C9H13N2.2BrH.Ti/c1-9(2,3)11-7-8-5-4-6-10-8;;;/h4-7H,1-3H3;2*1H;/q-1;;;+2/p-2. The predicted octanol–water partition coefficient (Wildman–Crippen LogP) is 3.55. The minimum absolute atomic E-state index is 0.00104. The molecule has 0 aromatic carbocycles. The molecule has 0 amide bonds. The Morgan fingerprint density at radius 1 is 1.43 bits per heavy atom. The van der Waals surface area contributed by atoms with Gasteiger partial charge in [0, 0.05) is 6.21 Å². The van der Waals surface area contributed by atoms with Crippen LogP contribution in [0, 0.1) is 0 Å². The summed E-state index contributed by atoms with van der Waals surface area (Å²) in [7, 11) is 0. The zero-order chi connectivity index (χ0) is 11.0. The number of aliphatic imine (C=N–C) groups is 1. The van der Waals surface area contributed by atoms with Crippen LogP contribution in [0.25, 0.3) is 0 Å². The van der Waals surface area contributed by atoms with Gasteiger partial charge in [-0.3, -0.25) is 4.99 Å². The molecule has 1 aromatic rings. The summed E-state index contributed by atoms with van der Waals surface area (Å²) in [5, 5.41) is 0. The summed E-state index contributed by atoms with van der Waals surface area (Å²) in [5.41, 5.74) is 0.929. The summed E-state index contributed by atoms with van der Waals surface area (Å²) < 4.78 is 0. The molecule has 0 atom stereocenters. The Hall–Kier alpha value is 0.624. The quantitative estimate of drug-likeness (QED) is 0.558. The van der Waals surface area contributed by atoms with E-state index < -0.39 is 0 Å². The monoisotopic (exact) mass is 355 g/mol. The Morgan fingerprint density at radius 3 is 2.36 bits per heavy atom. The Bertz CT molecular complexity index is 252. The van der Waals surface area contributed by atoms with Gasteiger partial charge in [-0.05, 0) is 20.8 Å². The summed E-state index contributed by atoms with van der Waals surface area (Å²) in [4.78, 5) is 8.38. The van der Waals surface area contributed by atoms with Gasteiger partial charge < -0.3 is 4.98 Å². The van der Waals surface area contributed by atoms with Gasteiger partial charge in [0.25, 0.3) is 0 Å². The number of halogens is 2. The molecule has 2 nitrogen and oxygen atoms in total. The number of hydrogen-bond donors (Lipinski definition) is 0. The normalized spacial score (nSPS) is 10.9. The van der Waals surface area contributed by atoms with Gasteiger partial charge in [-0.25, -0.2) is 0 Å². The molecule has 0 saturated heterocycles. The Kier molecular flexibility index (Phi) is 8.21. The van der Waals surface area contributed by atoms with Crippen molar-refractivity contribution in [1.29, 1.82) is 0 Å². The third-order valence-electron chi connectivity index (χ3n) is 1.16. The molecule has 0 radical (unpaired) electrons. The molecule has 0 unspecified atom stereocenters. The van der Waals surface area contributed by atoms with Crippen LogP contribution in [-0.2, 0) is 15.0 Å². The first-order chi connectivity index (χ1) is 6.49. The van der Waals surface area contributed by atoms with Crippen molar-refractivity contribution in [3.63, 3.8) is 0 Å². The molecule has 0 bridgehead atoms. The molecule has 0 spiro atoms. The van der Waals surface area contributed by atoms with Gasteiger partial charge in [-0.2, -0.15) is 6.20 Å². The fraction of sp³-hybridized carbons (Fsp3) is 0.444. The van der Waals surface area contributed by atoms with E-state index >= 15 is 0 Å². The van der Waals surface area contributed by atoms with Gasteiger partial charge >= 0.3 is 41.3 Å². The van der Waals surface area contributed by atoms with E-state index in [1.165, 1.54) is 0 Å². The van der Waals surface area contributed by atoms with E-state index in [9.17, 15) is 0 Å². The molecular formula is C9H13Br2N2Ti-. The number of aromatic nitrogens is 1. The van der Waals surface area contributed by atoms with Crippen LogP contribution >= 0.6 is 26.3 Å². The van der Waals surface area contributed by atoms with Crippen LogP contribution in [0.2, 0.25) is 0 Å². The van der Waals surface area contributed by atoms with Crippen molar-refractivity contribution in [3.05, 3.63) is 24.0 Å². The number of rotatable bonds is 1. The van der Waals surface area contributed by atoms with Crippen LogP contribution in [0.4, 0.5) is 0 Å². The predicted molar refractivity (Wildman–Crippen MR) is 65.0 cm³/mol. The first-order valence-electron chi connectivity index (χ1n) is 4.09. The first-order valence-corrected chi connectivity index (χ1v) is 11.8. The third kappa shape index (κ3) is 9.19. The summed E-state index contributed by atoms with van der Waals surface area (Å²) in [6.45, 7) is 6.19. The van der Waals surface area contributed by atoms with Gasteiger partial charge in [-0.15, -0.1) is 5.69 Å². The number of hydrogen-bond acceptors (Lipinski definition) is 1. The minimum atomic E-state index is -0.00104. The van der Waals surface area contributed by atoms with Gasteiger partial charge in [-0.1, -0.05) is 12.1 Å². The second-order valence-corrected chi connectivity index (χ2v) is 11.4. The van der Waals surface area contributed by atoms with Crippen molar-refractivity contribution in [3.8, 4) is 0 Å². The second kappa shape index (κ2) is 7.86. The average Bonchev–Trinajstić information content (AvgIpc) is 2.52. The molecular weight excluding hydrogens is 344 g/mol. The molecule has 1 rings (SSSR count). The third-order valence-corrected chi connectivity index (χ3v) is 1.16. The van der Waals surface area contributed by atoms with Crippen molar-refractivity contribution in [2.75, 3.05) is 0 Å². The maximum atomic E-state index is 4.31. The van der Waals surface area contributed by atoms with E-state index in [1.54, 1.807) is 12.4 Å².